The molecule has 2 aromatic rings. The lowest BCUT2D eigenvalue weighted by atomic mass is 9.96. The van der Waals surface area contributed by atoms with Crippen molar-refractivity contribution in [3.63, 3.8) is 0 Å². The molecule has 0 unspecified atom stereocenters. The maximum Gasteiger partial charge on any atom is 0.0694 e. The SMILES string of the molecule is CNC(C)(C)Cc1cnn2ccccc12. The molecular weight excluding hydrogens is 186 g/mol. The fraction of sp³-hybridized carbons (Fsp3) is 0.417. The van der Waals surface area contributed by atoms with Crippen LogP contribution in [-0.4, -0.2) is 22.2 Å². The van der Waals surface area contributed by atoms with E-state index in [1.807, 2.05) is 36.1 Å². The Morgan fingerprint density at radius 2 is 2.20 bits per heavy atom. The van der Waals surface area contributed by atoms with E-state index in [0.29, 0.717) is 0 Å². The van der Waals surface area contributed by atoms with Gasteiger partial charge in [-0.2, -0.15) is 5.10 Å². The fourth-order valence-electron chi connectivity index (χ4n) is 1.69. The molecule has 0 atom stereocenters. The summed E-state index contributed by atoms with van der Waals surface area (Å²) < 4.78 is 1.92. The summed E-state index contributed by atoms with van der Waals surface area (Å²) >= 11 is 0. The van der Waals surface area contributed by atoms with Crippen LogP contribution in [-0.2, 0) is 6.42 Å². The molecule has 0 aromatic carbocycles. The number of rotatable bonds is 3. The molecule has 1 N–H and O–H groups in total. The van der Waals surface area contributed by atoms with Crippen molar-refractivity contribution in [3.05, 3.63) is 36.2 Å². The average Bonchev–Trinajstić information content (AvgIpc) is 2.62. The molecule has 80 valence electrons. The Morgan fingerprint density at radius 3 is 2.93 bits per heavy atom. The van der Waals surface area contributed by atoms with E-state index >= 15 is 0 Å². The van der Waals surface area contributed by atoms with Gasteiger partial charge in [-0.15, -0.1) is 0 Å². The van der Waals surface area contributed by atoms with E-state index in [1.54, 1.807) is 0 Å². The summed E-state index contributed by atoms with van der Waals surface area (Å²) in [6, 6.07) is 6.15. The Bertz CT molecular complexity index is 457. The van der Waals surface area contributed by atoms with Crippen molar-refractivity contribution in [3.8, 4) is 0 Å². The van der Waals surface area contributed by atoms with Crippen LogP contribution in [0.3, 0.4) is 0 Å². The number of hydrogen-bond acceptors (Lipinski definition) is 2. The van der Waals surface area contributed by atoms with Crippen molar-refractivity contribution < 1.29 is 0 Å². The fourth-order valence-corrected chi connectivity index (χ4v) is 1.69. The molecule has 3 nitrogen and oxygen atoms in total. The molecule has 0 bridgehead atoms. The Hall–Kier alpha value is -1.35. The maximum atomic E-state index is 4.33. The molecule has 0 aliphatic heterocycles. The van der Waals surface area contributed by atoms with Crippen molar-refractivity contribution in [2.24, 2.45) is 0 Å². The summed E-state index contributed by atoms with van der Waals surface area (Å²) in [5.74, 6) is 0. The van der Waals surface area contributed by atoms with E-state index < -0.39 is 0 Å². The Kier molecular flexibility index (Phi) is 2.49. The predicted molar refractivity (Wildman–Crippen MR) is 62.0 cm³/mol. The van der Waals surface area contributed by atoms with Crippen LogP contribution < -0.4 is 5.32 Å². The lowest BCUT2D eigenvalue weighted by molar-refractivity contribution is 0.423. The predicted octanol–water partition coefficient (Wildman–Crippen LogP) is 1.87. The zero-order valence-electron chi connectivity index (χ0n) is 9.49. The average molecular weight is 203 g/mol. The van der Waals surface area contributed by atoms with Gasteiger partial charge in [0.15, 0.2) is 0 Å². The van der Waals surface area contributed by atoms with Gasteiger partial charge in [-0.1, -0.05) is 6.07 Å². The molecule has 0 fully saturated rings. The second-order valence-electron chi connectivity index (χ2n) is 4.51. The Morgan fingerprint density at radius 1 is 1.40 bits per heavy atom. The highest BCUT2D eigenvalue weighted by atomic mass is 15.2. The molecule has 0 saturated carbocycles. The Labute approximate surface area is 90.1 Å². The zero-order chi connectivity index (χ0) is 10.9. The van der Waals surface area contributed by atoms with Gasteiger partial charge in [-0.25, -0.2) is 4.52 Å². The third kappa shape index (κ3) is 2.02. The van der Waals surface area contributed by atoms with Gasteiger partial charge in [0.25, 0.3) is 0 Å². The molecule has 2 aromatic heterocycles. The summed E-state index contributed by atoms with van der Waals surface area (Å²) in [5, 5.41) is 7.63. The number of pyridine rings is 1. The van der Waals surface area contributed by atoms with E-state index in [-0.39, 0.29) is 5.54 Å². The third-order valence-corrected chi connectivity index (χ3v) is 2.82. The maximum absolute atomic E-state index is 4.33. The van der Waals surface area contributed by atoms with Gasteiger partial charge < -0.3 is 5.32 Å². The van der Waals surface area contributed by atoms with Crippen molar-refractivity contribution in [1.82, 2.24) is 14.9 Å². The molecule has 2 heterocycles. The molecule has 0 aliphatic rings. The molecule has 2 rings (SSSR count). The highest BCUT2D eigenvalue weighted by molar-refractivity contribution is 5.53. The monoisotopic (exact) mass is 203 g/mol. The molecule has 0 spiro atoms. The molecule has 0 saturated heterocycles. The first kappa shape index (κ1) is 10.2. The van der Waals surface area contributed by atoms with Gasteiger partial charge in [-0.3, -0.25) is 0 Å². The van der Waals surface area contributed by atoms with E-state index in [4.69, 9.17) is 0 Å². The van der Waals surface area contributed by atoms with E-state index in [9.17, 15) is 0 Å². The van der Waals surface area contributed by atoms with Gasteiger partial charge in [0, 0.05) is 11.7 Å². The van der Waals surface area contributed by atoms with Gasteiger partial charge in [0.2, 0.25) is 0 Å². The molecule has 15 heavy (non-hydrogen) atoms. The quantitative estimate of drug-likeness (QED) is 0.825. The second kappa shape index (κ2) is 3.66. The van der Waals surface area contributed by atoms with Crippen LogP contribution in [0, 0.1) is 0 Å². The highest BCUT2D eigenvalue weighted by Gasteiger charge is 2.17. The third-order valence-electron chi connectivity index (χ3n) is 2.82. The summed E-state index contributed by atoms with van der Waals surface area (Å²) in [7, 11) is 1.99. The van der Waals surface area contributed by atoms with Crippen molar-refractivity contribution in [2.45, 2.75) is 25.8 Å². The topological polar surface area (TPSA) is 29.3 Å². The minimum absolute atomic E-state index is 0.110. The van der Waals surface area contributed by atoms with Gasteiger partial charge in [0.1, 0.15) is 0 Å². The van der Waals surface area contributed by atoms with E-state index in [2.05, 4.69) is 30.3 Å². The smallest absolute Gasteiger partial charge is 0.0694 e. The summed E-state index contributed by atoms with van der Waals surface area (Å²) in [4.78, 5) is 0. The number of likely N-dealkylation sites (N-methyl/N-ethyl adjacent to an activating group) is 1. The Balaban J connectivity index is 2.37. The summed E-state index contributed by atoms with van der Waals surface area (Å²) in [5.41, 5.74) is 2.59. The normalized spacial score (nSPS) is 12.2. The molecule has 3 heteroatoms. The van der Waals surface area contributed by atoms with Crippen LogP contribution in [0.4, 0.5) is 0 Å². The second-order valence-corrected chi connectivity index (χ2v) is 4.51. The summed E-state index contributed by atoms with van der Waals surface area (Å²) in [6.07, 6.45) is 4.91. The first-order valence-corrected chi connectivity index (χ1v) is 5.22. The molecule has 0 amide bonds. The first-order chi connectivity index (χ1) is 7.12. The molecule has 0 aliphatic carbocycles. The van der Waals surface area contributed by atoms with Crippen LogP contribution in [0.15, 0.2) is 30.6 Å². The van der Waals surface area contributed by atoms with Crippen molar-refractivity contribution in [2.75, 3.05) is 7.05 Å². The van der Waals surface area contributed by atoms with Crippen LogP contribution in [0.1, 0.15) is 19.4 Å². The molecular formula is C12H17N3. The van der Waals surface area contributed by atoms with Gasteiger partial charge >= 0.3 is 0 Å². The molecule has 0 radical (unpaired) electrons. The number of hydrogen-bond donors (Lipinski definition) is 1. The lowest BCUT2D eigenvalue weighted by Crippen LogP contribution is -2.38. The lowest BCUT2D eigenvalue weighted by Gasteiger charge is -2.23. The van der Waals surface area contributed by atoms with Crippen LogP contribution in [0.2, 0.25) is 0 Å². The minimum atomic E-state index is 0.110. The highest BCUT2D eigenvalue weighted by Crippen LogP contribution is 2.16. The van der Waals surface area contributed by atoms with E-state index in [0.717, 1.165) is 6.42 Å². The zero-order valence-corrected chi connectivity index (χ0v) is 9.49. The number of nitrogens with zero attached hydrogens (tertiary/aromatic N) is 2. The number of aromatic nitrogens is 2. The van der Waals surface area contributed by atoms with Gasteiger partial charge in [0.05, 0.1) is 11.7 Å². The van der Waals surface area contributed by atoms with Crippen molar-refractivity contribution in [1.29, 1.82) is 0 Å². The van der Waals surface area contributed by atoms with Crippen LogP contribution >= 0.6 is 0 Å². The number of nitrogens with one attached hydrogen (secondary N) is 1. The summed E-state index contributed by atoms with van der Waals surface area (Å²) in [6.45, 7) is 4.39. The number of fused-ring (bicyclic) bond motifs is 1. The van der Waals surface area contributed by atoms with Gasteiger partial charge in [-0.05, 0) is 45.0 Å². The van der Waals surface area contributed by atoms with E-state index in [1.165, 1.54) is 11.1 Å². The standard InChI is InChI=1S/C12H17N3/c1-12(2,13-3)8-10-9-14-15-7-5-4-6-11(10)15/h4-7,9,13H,8H2,1-3H3. The largest absolute Gasteiger partial charge is 0.314 e. The van der Waals surface area contributed by atoms with Crippen LogP contribution in [0.5, 0.6) is 0 Å². The van der Waals surface area contributed by atoms with Crippen LogP contribution in [0.25, 0.3) is 5.52 Å². The minimum Gasteiger partial charge on any atom is -0.314 e. The first-order valence-electron chi connectivity index (χ1n) is 5.22. The van der Waals surface area contributed by atoms with Crippen molar-refractivity contribution >= 4 is 5.52 Å².